The number of ether oxygens (including phenoxy) is 1. The van der Waals surface area contributed by atoms with Gasteiger partial charge in [0.15, 0.2) is 11.1 Å². The summed E-state index contributed by atoms with van der Waals surface area (Å²) in [7, 11) is 0. The van der Waals surface area contributed by atoms with Gasteiger partial charge in [0, 0.05) is 17.4 Å². The van der Waals surface area contributed by atoms with Crippen LogP contribution in [-0.4, -0.2) is 27.2 Å². The molecule has 0 radical (unpaired) electrons. The van der Waals surface area contributed by atoms with Crippen LogP contribution in [0.2, 0.25) is 5.02 Å². The van der Waals surface area contributed by atoms with Crippen LogP contribution in [0.3, 0.4) is 0 Å². The maximum atomic E-state index is 11.0. The Labute approximate surface area is 157 Å². The van der Waals surface area contributed by atoms with Gasteiger partial charge in [-0.15, -0.1) is 0 Å². The second-order valence-corrected chi connectivity index (χ2v) is 7.57. The predicted molar refractivity (Wildman–Crippen MR) is 105 cm³/mol. The van der Waals surface area contributed by atoms with Crippen LogP contribution in [0.25, 0.3) is 11.1 Å². The van der Waals surface area contributed by atoms with Gasteiger partial charge in [-0.1, -0.05) is 54.1 Å². The molecule has 2 aromatic carbocycles. The second-order valence-electron chi connectivity index (χ2n) is 6.11. The van der Waals surface area contributed by atoms with Crippen molar-refractivity contribution < 1.29 is 13.5 Å². The molecule has 1 N–H and O–H groups in total. The lowest BCUT2D eigenvalue weighted by Crippen LogP contribution is -2.25. The molecule has 3 atom stereocenters. The molecule has 0 aliphatic carbocycles. The van der Waals surface area contributed by atoms with Crippen molar-refractivity contribution in [1.29, 1.82) is 0 Å². The van der Waals surface area contributed by atoms with Gasteiger partial charge in [0.25, 0.3) is 0 Å². The molecule has 136 valence electrons. The fourth-order valence-corrected chi connectivity index (χ4v) is 3.72. The van der Waals surface area contributed by atoms with E-state index in [0.717, 1.165) is 28.1 Å². The van der Waals surface area contributed by atoms with Gasteiger partial charge in [-0.05, 0) is 55.4 Å². The van der Waals surface area contributed by atoms with Gasteiger partial charge < -0.3 is 9.29 Å². The second kappa shape index (κ2) is 10.1. The lowest BCUT2D eigenvalue weighted by molar-refractivity contribution is 0.0319. The Morgan fingerprint density at radius 3 is 2.48 bits per heavy atom. The third-order valence-electron chi connectivity index (χ3n) is 4.40. The van der Waals surface area contributed by atoms with Gasteiger partial charge in [-0.2, -0.15) is 0 Å². The van der Waals surface area contributed by atoms with Crippen molar-refractivity contribution in [3.05, 3.63) is 59.1 Å². The van der Waals surface area contributed by atoms with E-state index >= 15 is 0 Å². The highest BCUT2D eigenvalue weighted by Crippen LogP contribution is 2.29. The molecule has 0 aromatic heterocycles. The lowest BCUT2D eigenvalue weighted by Gasteiger charge is -2.24. The van der Waals surface area contributed by atoms with Gasteiger partial charge >= 0.3 is 0 Å². The van der Waals surface area contributed by atoms with Crippen LogP contribution in [-0.2, 0) is 22.2 Å². The zero-order valence-electron chi connectivity index (χ0n) is 14.7. The summed E-state index contributed by atoms with van der Waals surface area (Å²) in [6.07, 6.45) is 1.37. The number of halogens is 1. The Balaban J connectivity index is 2.16. The molecule has 2 aromatic rings. The van der Waals surface area contributed by atoms with E-state index in [4.69, 9.17) is 20.9 Å². The molecule has 0 bridgehead atoms. The monoisotopic (exact) mass is 380 g/mol. The highest BCUT2D eigenvalue weighted by molar-refractivity contribution is 7.79. The van der Waals surface area contributed by atoms with E-state index in [0.29, 0.717) is 13.0 Å². The molecule has 5 heteroatoms. The Morgan fingerprint density at radius 1 is 1.16 bits per heavy atom. The van der Waals surface area contributed by atoms with Crippen molar-refractivity contribution in [3.8, 4) is 11.1 Å². The quantitative estimate of drug-likeness (QED) is 0.608. The first-order chi connectivity index (χ1) is 12.0. The van der Waals surface area contributed by atoms with Crippen LogP contribution in [0.15, 0.2) is 48.5 Å². The Kier molecular flexibility index (Phi) is 8.10. The molecule has 3 unspecified atom stereocenters. The lowest BCUT2D eigenvalue weighted by atomic mass is 9.91. The number of hydrogen-bond donors (Lipinski definition) is 1. The Morgan fingerprint density at radius 2 is 1.88 bits per heavy atom. The zero-order valence-corrected chi connectivity index (χ0v) is 16.2. The van der Waals surface area contributed by atoms with Gasteiger partial charge in [0.2, 0.25) is 0 Å². The molecule has 3 nitrogen and oxygen atoms in total. The van der Waals surface area contributed by atoms with Crippen LogP contribution in [0, 0.1) is 5.92 Å². The molecule has 2 rings (SSSR count). The van der Waals surface area contributed by atoms with E-state index in [-0.39, 0.29) is 17.8 Å². The fourth-order valence-electron chi connectivity index (χ4n) is 2.96. The molecule has 25 heavy (non-hydrogen) atoms. The summed E-state index contributed by atoms with van der Waals surface area (Å²) in [5.74, 6) is 0.401. The standard InChI is InChI=1S/C20H25ClO3S/c1-3-24-15(2)17(11-12-25(22)23)13-19-10-9-18(14-20(19)21)16-7-5-4-6-8-16/h4-10,14-15,17H,3,11-13H2,1-2H3,(H,22,23). The van der Waals surface area contributed by atoms with E-state index in [1.165, 1.54) is 0 Å². The normalized spacial score (nSPS) is 14.9. The number of hydrogen-bond acceptors (Lipinski definition) is 2. The molecule has 0 heterocycles. The molecule has 0 amide bonds. The van der Waals surface area contributed by atoms with Gasteiger partial charge in [0.05, 0.1) is 6.10 Å². The molecular formula is C20H25ClO3S. The van der Waals surface area contributed by atoms with E-state index in [1.54, 1.807) is 0 Å². The number of rotatable bonds is 9. The van der Waals surface area contributed by atoms with Crippen LogP contribution >= 0.6 is 11.6 Å². The first kappa shape index (κ1) is 20.1. The summed E-state index contributed by atoms with van der Waals surface area (Å²) >= 11 is 4.73. The van der Waals surface area contributed by atoms with E-state index in [1.807, 2.05) is 44.2 Å². The molecule has 0 aliphatic heterocycles. The highest BCUT2D eigenvalue weighted by Gasteiger charge is 2.20. The van der Waals surface area contributed by atoms with Crippen LogP contribution in [0.4, 0.5) is 0 Å². The minimum Gasteiger partial charge on any atom is -0.378 e. The van der Waals surface area contributed by atoms with Crippen molar-refractivity contribution in [2.75, 3.05) is 12.4 Å². The first-order valence-electron chi connectivity index (χ1n) is 8.54. The third kappa shape index (κ3) is 6.23. The van der Waals surface area contributed by atoms with Crippen molar-refractivity contribution in [2.24, 2.45) is 5.92 Å². The minimum atomic E-state index is -1.79. The summed E-state index contributed by atoms with van der Waals surface area (Å²) in [5.41, 5.74) is 3.26. The molecular weight excluding hydrogens is 356 g/mol. The fraction of sp³-hybridized carbons (Fsp3) is 0.400. The smallest absolute Gasteiger partial charge is 0.152 e. The summed E-state index contributed by atoms with van der Waals surface area (Å²) < 4.78 is 25.9. The maximum Gasteiger partial charge on any atom is 0.152 e. The van der Waals surface area contributed by atoms with Crippen LogP contribution in [0.1, 0.15) is 25.8 Å². The molecule has 0 spiro atoms. The van der Waals surface area contributed by atoms with Crippen molar-refractivity contribution >= 4 is 22.7 Å². The molecule has 0 saturated heterocycles. The zero-order chi connectivity index (χ0) is 18.2. The summed E-state index contributed by atoms with van der Waals surface area (Å²) in [6, 6.07) is 16.2. The van der Waals surface area contributed by atoms with E-state index in [9.17, 15) is 4.21 Å². The summed E-state index contributed by atoms with van der Waals surface area (Å²) in [4.78, 5) is 0. The van der Waals surface area contributed by atoms with Gasteiger partial charge in [-0.3, -0.25) is 0 Å². The van der Waals surface area contributed by atoms with Crippen LogP contribution < -0.4 is 0 Å². The Bertz CT molecular complexity index is 691. The van der Waals surface area contributed by atoms with Crippen LogP contribution in [0.5, 0.6) is 0 Å². The Hall–Kier alpha value is -1.20. The van der Waals surface area contributed by atoms with Gasteiger partial charge in [0.1, 0.15) is 0 Å². The van der Waals surface area contributed by atoms with Crippen molar-refractivity contribution in [1.82, 2.24) is 0 Å². The average Bonchev–Trinajstić information content (AvgIpc) is 2.60. The summed E-state index contributed by atoms with van der Waals surface area (Å²) in [6.45, 7) is 4.60. The SMILES string of the molecule is CCOC(C)C(CCS(=O)O)Cc1ccc(-c2ccccc2)cc1Cl. The maximum absolute atomic E-state index is 11.0. The number of benzene rings is 2. The molecule has 0 saturated carbocycles. The average molecular weight is 381 g/mol. The van der Waals surface area contributed by atoms with E-state index < -0.39 is 11.1 Å². The molecule has 0 fully saturated rings. The van der Waals surface area contributed by atoms with Crippen molar-refractivity contribution in [3.63, 3.8) is 0 Å². The van der Waals surface area contributed by atoms with Gasteiger partial charge in [-0.25, -0.2) is 4.21 Å². The largest absolute Gasteiger partial charge is 0.378 e. The van der Waals surface area contributed by atoms with Crippen molar-refractivity contribution in [2.45, 2.75) is 32.8 Å². The van der Waals surface area contributed by atoms with E-state index in [2.05, 4.69) is 18.2 Å². The minimum absolute atomic E-state index is 0.0124. The molecule has 0 aliphatic rings. The predicted octanol–water partition coefficient (Wildman–Crippen LogP) is 5.20. The third-order valence-corrected chi connectivity index (χ3v) is 5.34. The summed E-state index contributed by atoms with van der Waals surface area (Å²) in [5, 5.41) is 0.722. The first-order valence-corrected chi connectivity index (χ1v) is 10.2. The topological polar surface area (TPSA) is 46.5 Å². The highest BCUT2D eigenvalue weighted by atomic mass is 35.5.